The molecule has 1 rings (SSSR count). The van der Waals surface area contributed by atoms with Gasteiger partial charge < -0.3 is 14.4 Å². The molecular formula is C12H23NO2S. The van der Waals surface area contributed by atoms with Crippen LogP contribution in [0.5, 0.6) is 0 Å². The van der Waals surface area contributed by atoms with Crippen LogP contribution in [0.2, 0.25) is 0 Å². The van der Waals surface area contributed by atoms with E-state index >= 15 is 0 Å². The number of ether oxygens (including phenoxy) is 1. The average molecular weight is 245 g/mol. The Labute approximate surface area is 103 Å². The Hall–Kier alpha value is -0.0600. The molecular weight excluding hydrogens is 222 g/mol. The third-order valence-electron chi connectivity index (χ3n) is 3.44. The van der Waals surface area contributed by atoms with E-state index in [1.165, 1.54) is 12.2 Å². The van der Waals surface area contributed by atoms with E-state index in [4.69, 9.17) is 4.74 Å². The fourth-order valence-corrected chi connectivity index (χ4v) is 2.62. The van der Waals surface area contributed by atoms with Gasteiger partial charge in [-0.3, -0.25) is 0 Å². The van der Waals surface area contributed by atoms with Gasteiger partial charge in [-0.1, -0.05) is 0 Å². The van der Waals surface area contributed by atoms with Gasteiger partial charge >= 0.3 is 0 Å². The molecule has 0 spiro atoms. The zero-order chi connectivity index (χ0) is 12.0. The molecule has 0 aromatic rings. The maximum absolute atomic E-state index is 11.2. The molecule has 0 radical (unpaired) electrons. The van der Waals surface area contributed by atoms with Crippen molar-refractivity contribution < 1.29 is 9.53 Å². The zero-order valence-corrected chi connectivity index (χ0v) is 11.4. The van der Waals surface area contributed by atoms with Crippen LogP contribution in [-0.4, -0.2) is 56.0 Å². The van der Waals surface area contributed by atoms with E-state index in [-0.39, 0.29) is 5.41 Å². The quantitative estimate of drug-likeness (QED) is 0.638. The van der Waals surface area contributed by atoms with Crippen LogP contribution in [0.4, 0.5) is 0 Å². The summed E-state index contributed by atoms with van der Waals surface area (Å²) in [7, 11) is 2.11. The second-order valence-electron chi connectivity index (χ2n) is 4.83. The predicted molar refractivity (Wildman–Crippen MR) is 69.0 cm³/mol. The molecule has 1 heterocycles. The molecule has 4 heteroatoms. The molecule has 1 aliphatic heterocycles. The second-order valence-corrected chi connectivity index (χ2v) is 5.81. The van der Waals surface area contributed by atoms with E-state index in [9.17, 15) is 4.79 Å². The van der Waals surface area contributed by atoms with Gasteiger partial charge in [-0.2, -0.15) is 11.8 Å². The summed E-state index contributed by atoms with van der Waals surface area (Å²) in [5, 5.41) is 0. The first-order valence-corrected chi connectivity index (χ1v) is 7.26. The first-order valence-electron chi connectivity index (χ1n) is 5.87. The minimum atomic E-state index is -0.248. The van der Waals surface area contributed by atoms with Gasteiger partial charge in [-0.25, -0.2) is 0 Å². The lowest BCUT2D eigenvalue weighted by molar-refractivity contribution is -0.117. The monoisotopic (exact) mass is 245 g/mol. The van der Waals surface area contributed by atoms with Crippen molar-refractivity contribution in [2.75, 3.05) is 38.8 Å². The van der Waals surface area contributed by atoms with E-state index in [2.05, 4.69) is 25.1 Å². The maximum Gasteiger partial charge on any atom is 0.129 e. The molecule has 1 fully saturated rings. The average Bonchev–Trinajstić information content (AvgIpc) is 2.75. The van der Waals surface area contributed by atoms with Crippen LogP contribution in [0.25, 0.3) is 0 Å². The lowest BCUT2D eigenvalue weighted by atomic mass is 9.88. The van der Waals surface area contributed by atoms with Crippen molar-refractivity contribution in [2.45, 2.75) is 25.8 Å². The molecule has 2 unspecified atom stereocenters. The first-order chi connectivity index (χ1) is 7.63. The number of hydrogen-bond donors (Lipinski definition) is 0. The molecule has 0 N–H and O–H groups in total. The summed E-state index contributed by atoms with van der Waals surface area (Å²) in [6.07, 6.45) is 5.27. The molecule has 3 nitrogen and oxygen atoms in total. The highest BCUT2D eigenvalue weighted by molar-refractivity contribution is 7.98. The van der Waals surface area contributed by atoms with Gasteiger partial charge in [0.1, 0.15) is 6.29 Å². The third kappa shape index (κ3) is 3.75. The van der Waals surface area contributed by atoms with Crippen molar-refractivity contribution >= 4 is 18.0 Å². The predicted octanol–water partition coefficient (Wildman–Crippen LogP) is 1.67. The summed E-state index contributed by atoms with van der Waals surface area (Å²) in [6.45, 7) is 4.37. The minimum absolute atomic E-state index is 0.248. The van der Waals surface area contributed by atoms with Gasteiger partial charge in [0.25, 0.3) is 0 Å². The summed E-state index contributed by atoms with van der Waals surface area (Å²) in [5.74, 6) is 1.18. The van der Waals surface area contributed by atoms with E-state index in [1.54, 1.807) is 0 Å². The Balaban J connectivity index is 2.42. The van der Waals surface area contributed by atoms with E-state index in [1.807, 2.05) is 11.8 Å². The topological polar surface area (TPSA) is 29.5 Å². The largest absolute Gasteiger partial charge is 0.380 e. The highest BCUT2D eigenvalue weighted by Gasteiger charge is 2.36. The fourth-order valence-electron chi connectivity index (χ4n) is 2.04. The third-order valence-corrected chi connectivity index (χ3v) is 4.08. The summed E-state index contributed by atoms with van der Waals surface area (Å²) in [5.41, 5.74) is -0.248. The van der Waals surface area contributed by atoms with Gasteiger partial charge in [0.05, 0.1) is 12.0 Å². The van der Waals surface area contributed by atoms with Crippen molar-refractivity contribution in [3.8, 4) is 0 Å². The Bertz CT molecular complexity index is 217. The van der Waals surface area contributed by atoms with Crippen LogP contribution in [0.3, 0.4) is 0 Å². The Morgan fingerprint density at radius 3 is 2.88 bits per heavy atom. The van der Waals surface area contributed by atoms with Crippen molar-refractivity contribution in [3.63, 3.8) is 0 Å². The summed E-state index contributed by atoms with van der Waals surface area (Å²) in [6, 6.07) is 0.532. The normalized spacial score (nSPS) is 27.2. The number of nitrogens with zero attached hydrogens (tertiary/aromatic N) is 1. The zero-order valence-electron chi connectivity index (χ0n) is 10.6. The van der Waals surface area contributed by atoms with Crippen LogP contribution in [-0.2, 0) is 9.53 Å². The van der Waals surface area contributed by atoms with Crippen LogP contribution in [0.15, 0.2) is 0 Å². The Kier molecular flexibility index (Phi) is 5.79. The number of thioether (sulfide) groups is 1. The van der Waals surface area contributed by atoms with Gasteiger partial charge in [0.15, 0.2) is 0 Å². The first kappa shape index (κ1) is 14.0. The molecule has 2 atom stereocenters. The molecule has 0 saturated carbocycles. The van der Waals surface area contributed by atoms with Gasteiger partial charge in [0, 0.05) is 19.2 Å². The standard InChI is InChI=1S/C12H23NO2S/c1-11(4-7-16-3)13(2)8-12(9-14)5-6-15-10-12/h9,11H,4-8,10H2,1-3H3. The highest BCUT2D eigenvalue weighted by Crippen LogP contribution is 2.27. The lowest BCUT2D eigenvalue weighted by Crippen LogP contribution is -2.41. The van der Waals surface area contributed by atoms with Crippen molar-refractivity contribution in [1.82, 2.24) is 4.90 Å². The van der Waals surface area contributed by atoms with Crippen molar-refractivity contribution in [1.29, 1.82) is 0 Å². The summed E-state index contributed by atoms with van der Waals surface area (Å²) < 4.78 is 5.35. The number of hydrogen-bond acceptors (Lipinski definition) is 4. The molecule has 0 bridgehead atoms. The lowest BCUT2D eigenvalue weighted by Gasteiger charge is -2.31. The smallest absolute Gasteiger partial charge is 0.129 e. The van der Waals surface area contributed by atoms with E-state index in [0.29, 0.717) is 12.6 Å². The van der Waals surface area contributed by atoms with Gasteiger partial charge in [0.2, 0.25) is 0 Å². The fraction of sp³-hybridized carbons (Fsp3) is 0.917. The summed E-state index contributed by atoms with van der Waals surface area (Å²) >= 11 is 1.87. The SMILES string of the molecule is CSCCC(C)N(C)CC1(C=O)CCOC1. The van der Waals surface area contributed by atoms with E-state index < -0.39 is 0 Å². The molecule has 0 aliphatic carbocycles. The number of aldehydes is 1. The summed E-state index contributed by atoms with van der Waals surface area (Å²) in [4.78, 5) is 13.5. The van der Waals surface area contributed by atoms with Crippen molar-refractivity contribution in [3.05, 3.63) is 0 Å². The van der Waals surface area contributed by atoms with Crippen molar-refractivity contribution in [2.24, 2.45) is 5.41 Å². The second kappa shape index (κ2) is 6.62. The van der Waals surface area contributed by atoms with Crippen LogP contribution in [0, 0.1) is 5.41 Å². The molecule has 16 heavy (non-hydrogen) atoms. The molecule has 0 amide bonds. The van der Waals surface area contributed by atoms with Gasteiger partial charge in [-0.15, -0.1) is 0 Å². The van der Waals surface area contributed by atoms with Crippen LogP contribution >= 0.6 is 11.8 Å². The molecule has 1 aliphatic rings. The molecule has 0 aromatic heterocycles. The van der Waals surface area contributed by atoms with Crippen LogP contribution in [0.1, 0.15) is 19.8 Å². The number of rotatable bonds is 7. The van der Waals surface area contributed by atoms with Crippen LogP contribution < -0.4 is 0 Å². The van der Waals surface area contributed by atoms with E-state index in [0.717, 1.165) is 25.9 Å². The number of carbonyl (C=O) groups is 1. The molecule has 1 saturated heterocycles. The molecule has 94 valence electrons. The highest BCUT2D eigenvalue weighted by atomic mass is 32.2. The Morgan fingerprint density at radius 1 is 1.62 bits per heavy atom. The maximum atomic E-state index is 11.2. The molecule has 0 aromatic carbocycles. The number of carbonyl (C=O) groups excluding carboxylic acids is 1. The Morgan fingerprint density at radius 2 is 2.38 bits per heavy atom. The minimum Gasteiger partial charge on any atom is -0.380 e. The van der Waals surface area contributed by atoms with Gasteiger partial charge in [-0.05, 0) is 38.8 Å².